The highest BCUT2D eigenvalue weighted by atomic mass is 35.5. The van der Waals surface area contributed by atoms with Crippen molar-refractivity contribution < 1.29 is 5.11 Å². The molecule has 5 heteroatoms. The molecule has 0 saturated heterocycles. The van der Waals surface area contributed by atoms with Crippen molar-refractivity contribution >= 4 is 23.5 Å². The number of rotatable bonds is 2. The number of hydrogen-bond donors (Lipinski definition) is 2. The van der Waals surface area contributed by atoms with Gasteiger partial charge < -0.3 is 5.11 Å². The molecule has 0 atom stereocenters. The number of H-pyrrole nitrogens is 1. The van der Waals surface area contributed by atoms with Gasteiger partial charge in [-0.05, 0) is 55.5 Å². The molecule has 21 heavy (non-hydrogen) atoms. The molecule has 0 unspecified atom stereocenters. The highest BCUT2D eigenvalue weighted by Gasteiger charge is 2.19. The van der Waals surface area contributed by atoms with Gasteiger partial charge in [0.2, 0.25) is 0 Å². The number of nitrogens with zero attached hydrogens (tertiary/aromatic N) is 1. The van der Waals surface area contributed by atoms with Crippen molar-refractivity contribution in [2.75, 3.05) is 0 Å². The topological polar surface area (TPSA) is 65.5 Å². The van der Waals surface area contributed by atoms with Gasteiger partial charge in [0.05, 0.1) is 11.3 Å². The van der Waals surface area contributed by atoms with E-state index in [1.54, 1.807) is 30.5 Å². The Morgan fingerprint density at radius 1 is 1.14 bits per heavy atom. The molecule has 4 nitrogen and oxygen atoms in total. The highest BCUT2D eigenvalue weighted by Crippen LogP contribution is 2.27. The Morgan fingerprint density at radius 3 is 2.52 bits per heavy atom. The van der Waals surface area contributed by atoms with Crippen LogP contribution in [0.1, 0.15) is 29.5 Å². The van der Waals surface area contributed by atoms with Gasteiger partial charge in [0.25, 0.3) is 5.56 Å². The summed E-state index contributed by atoms with van der Waals surface area (Å²) in [4.78, 5) is 18.9. The zero-order chi connectivity index (χ0) is 14.8. The molecule has 3 rings (SSSR count). The molecule has 2 N–H and O–H groups in total. The molecule has 0 aliphatic heterocycles. The molecule has 1 aromatic heterocycles. The van der Waals surface area contributed by atoms with Crippen LogP contribution in [0, 0.1) is 0 Å². The van der Waals surface area contributed by atoms with E-state index in [0.29, 0.717) is 10.6 Å². The van der Waals surface area contributed by atoms with Crippen LogP contribution in [-0.4, -0.2) is 16.3 Å². The number of benzene rings is 1. The predicted molar refractivity (Wildman–Crippen MR) is 84.1 cm³/mol. The lowest BCUT2D eigenvalue weighted by Gasteiger charge is -2.18. The van der Waals surface area contributed by atoms with Crippen LogP contribution in [0.3, 0.4) is 0 Å². The van der Waals surface area contributed by atoms with Gasteiger partial charge in [-0.3, -0.25) is 14.8 Å². The summed E-state index contributed by atoms with van der Waals surface area (Å²) in [5.41, 5.74) is 2.73. The Hall–Kier alpha value is -2.07. The Morgan fingerprint density at radius 2 is 1.81 bits per heavy atom. The zero-order valence-electron chi connectivity index (χ0n) is 11.4. The molecule has 0 fully saturated rings. The Balaban J connectivity index is 2.02. The summed E-state index contributed by atoms with van der Waals surface area (Å²) in [5.74, 6) is -0.00153. The lowest BCUT2D eigenvalue weighted by Crippen LogP contribution is -2.19. The number of aromatic amines is 1. The van der Waals surface area contributed by atoms with E-state index in [4.69, 9.17) is 11.6 Å². The third-order valence-corrected chi connectivity index (χ3v) is 3.98. The lowest BCUT2D eigenvalue weighted by molar-refractivity contribution is 0.438. The lowest BCUT2D eigenvalue weighted by atomic mass is 9.90. The molecular formula is C16H15ClN2O2. The van der Waals surface area contributed by atoms with E-state index in [1.165, 1.54) is 0 Å². The van der Waals surface area contributed by atoms with Gasteiger partial charge in [-0.25, -0.2) is 0 Å². The predicted octanol–water partition coefficient (Wildman–Crippen LogP) is 3.36. The Labute approximate surface area is 127 Å². The second-order valence-corrected chi connectivity index (χ2v) is 5.55. The van der Waals surface area contributed by atoms with Crippen LogP contribution in [-0.2, 0) is 12.8 Å². The minimum atomic E-state index is -0.300. The summed E-state index contributed by atoms with van der Waals surface area (Å²) < 4.78 is 0. The number of aromatic hydroxyl groups is 1. The molecule has 108 valence electrons. The van der Waals surface area contributed by atoms with E-state index in [0.717, 1.165) is 42.5 Å². The molecule has 2 aromatic rings. The second-order valence-electron chi connectivity index (χ2n) is 5.12. The van der Waals surface area contributed by atoms with Crippen molar-refractivity contribution in [2.45, 2.75) is 25.7 Å². The van der Waals surface area contributed by atoms with Crippen LogP contribution in [0.5, 0.6) is 5.88 Å². The standard InChI is InChI=1S/C16H15ClN2O2/c17-10-5-7-11(8-6-10)18-9-14-12-3-1-2-4-13(12)15(20)19-16(14)21/h5-9H,1-4H2,(H2,19,20,21). The number of nitrogens with one attached hydrogen (secondary N) is 1. The summed E-state index contributed by atoms with van der Waals surface area (Å²) in [6.07, 6.45) is 5.22. The molecular weight excluding hydrogens is 288 g/mol. The van der Waals surface area contributed by atoms with Gasteiger partial charge in [-0.1, -0.05) is 11.6 Å². The number of hydrogen-bond acceptors (Lipinski definition) is 3. The summed E-state index contributed by atoms with van der Waals surface area (Å²) in [7, 11) is 0. The first-order valence-electron chi connectivity index (χ1n) is 6.92. The molecule has 1 aliphatic carbocycles. The van der Waals surface area contributed by atoms with Gasteiger partial charge in [0, 0.05) is 16.8 Å². The SMILES string of the molecule is O=c1[nH]c(O)c2c(c1C=Nc1ccc(Cl)cc1)CCCC2. The van der Waals surface area contributed by atoms with Gasteiger partial charge in [0.15, 0.2) is 5.88 Å². The molecule has 1 aromatic carbocycles. The fraction of sp³-hybridized carbons (Fsp3) is 0.250. The maximum atomic E-state index is 12.1. The Kier molecular flexibility index (Phi) is 3.80. The first kappa shape index (κ1) is 13.9. The smallest absolute Gasteiger partial charge is 0.259 e. The van der Waals surface area contributed by atoms with E-state index in [-0.39, 0.29) is 11.4 Å². The molecule has 0 amide bonds. The van der Waals surface area contributed by atoms with Crippen molar-refractivity contribution in [3.63, 3.8) is 0 Å². The molecule has 0 spiro atoms. The van der Waals surface area contributed by atoms with E-state index in [1.807, 2.05) is 0 Å². The van der Waals surface area contributed by atoms with Gasteiger partial charge in [0.1, 0.15) is 0 Å². The number of pyridine rings is 1. The maximum absolute atomic E-state index is 12.1. The number of aliphatic imine (C=N–C) groups is 1. The van der Waals surface area contributed by atoms with Crippen LogP contribution < -0.4 is 5.56 Å². The van der Waals surface area contributed by atoms with Gasteiger partial charge in [-0.15, -0.1) is 0 Å². The summed E-state index contributed by atoms with van der Waals surface area (Å²) in [6, 6.07) is 7.09. The molecule has 0 radical (unpaired) electrons. The van der Waals surface area contributed by atoms with Gasteiger partial charge in [-0.2, -0.15) is 0 Å². The van der Waals surface area contributed by atoms with E-state index in [2.05, 4.69) is 9.98 Å². The maximum Gasteiger partial charge on any atom is 0.259 e. The molecule has 1 aliphatic rings. The van der Waals surface area contributed by atoms with E-state index in [9.17, 15) is 9.90 Å². The first-order valence-corrected chi connectivity index (χ1v) is 7.29. The fourth-order valence-electron chi connectivity index (χ4n) is 2.65. The quantitative estimate of drug-likeness (QED) is 0.835. The first-order chi connectivity index (χ1) is 10.1. The van der Waals surface area contributed by atoms with Crippen molar-refractivity contribution in [3.8, 4) is 5.88 Å². The van der Waals surface area contributed by atoms with Gasteiger partial charge >= 0.3 is 0 Å². The minimum Gasteiger partial charge on any atom is -0.494 e. The van der Waals surface area contributed by atoms with Crippen LogP contribution in [0.25, 0.3) is 0 Å². The summed E-state index contributed by atoms with van der Waals surface area (Å²) >= 11 is 5.83. The van der Waals surface area contributed by atoms with Crippen molar-refractivity contribution in [1.82, 2.24) is 4.98 Å². The van der Waals surface area contributed by atoms with Crippen molar-refractivity contribution in [2.24, 2.45) is 4.99 Å². The van der Waals surface area contributed by atoms with Crippen LogP contribution in [0.15, 0.2) is 34.1 Å². The average Bonchev–Trinajstić information content (AvgIpc) is 2.49. The summed E-state index contributed by atoms with van der Waals surface area (Å²) in [5, 5.41) is 10.5. The average molecular weight is 303 g/mol. The molecule has 0 saturated carbocycles. The van der Waals surface area contributed by atoms with Crippen molar-refractivity contribution in [1.29, 1.82) is 0 Å². The highest BCUT2D eigenvalue weighted by molar-refractivity contribution is 6.30. The molecule has 0 bridgehead atoms. The monoisotopic (exact) mass is 302 g/mol. The fourth-order valence-corrected chi connectivity index (χ4v) is 2.78. The van der Waals surface area contributed by atoms with Crippen LogP contribution in [0.4, 0.5) is 5.69 Å². The van der Waals surface area contributed by atoms with E-state index >= 15 is 0 Å². The molecule has 1 heterocycles. The number of aromatic nitrogens is 1. The summed E-state index contributed by atoms with van der Waals surface area (Å²) in [6.45, 7) is 0. The largest absolute Gasteiger partial charge is 0.494 e. The third-order valence-electron chi connectivity index (χ3n) is 3.72. The van der Waals surface area contributed by atoms with Crippen molar-refractivity contribution in [3.05, 3.63) is 56.3 Å². The van der Waals surface area contributed by atoms with E-state index < -0.39 is 0 Å². The second kappa shape index (κ2) is 5.74. The number of halogens is 1. The third kappa shape index (κ3) is 2.85. The number of fused-ring (bicyclic) bond motifs is 1. The zero-order valence-corrected chi connectivity index (χ0v) is 12.2. The van der Waals surface area contributed by atoms with Crippen LogP contribution >= 0.6 is 11.6 Å². The minimum absolute atomic E-state index is 0.00153. The normalized spacial score (nSPS) is 14.3. The van der Waals surface area contributed by atoms with Crippen LogP contribution in [0.2, 0.25) is 5.02 Å². The Bertz CT molecular complexity index is 748.